The summed E-state index contributed by atoms with van der Waals surface area (Å²) in [6.45, 7) is 0. The summed E-state index contributed by atoms with van der Waals surface area (Å²) in [7, 11) is -3.55. The molecule has 0 aliphatic heterocycles. The molecule has 2 aromatic rings. The van der Waals surface area contributed by atoms with Crippen molar-refractivity contribution in [3.8, 4) is 11.3 Å². The van der Waals surface area contributed by atoms with Gasteiger partial charge in [0.05, 0.1) is 20.9 Å². The van der Waals surface area contributed by atoms with Crippen LogP contribution in [0.2, 0.25) is 5.02 Å². The predicted octanol–water partition coefficient (Wildman–Crippen LogP) is 2.43. The number of hydrogen-bond acceptors (Lipinski definition) is 5. The third-order valence-electron chi connectivity index (χ3n) is 3.34. The van der Waals surface area contributed by atoms with Gasteiger partial charge in [0.1, 0.15) is 0 Å². The zero-order valence-electron chi connectivity index (χ0n) is 11.2. The number of rotatable bonds is 4. The lowest BCUT2D eigenvalue weighted by Crippen LogP contribution is -2.11. The molecule has 0 saturated heterocycles. The monoisotopic (exact) mass is 338 g/mol. The third kappa shape index (κ3) is 2.57. The van der Waals surface area contributed by atoms with Crippen molar-refractivity contribution in [1.82, 2.24) is 9.97 Å². The van der Waals surface area contributed by atoms with Gasteiger partial charge >= 0.3 is 5.97 Å². The Hall–Kier alpha value is -1.99. The van der Waals surface area contributed by atoms with Crippen molar-refractivity contribution in [2.45, 2.75) is 23.0 Å². The van der Waals surface area contributed by atoms with E-state index in [9.17, 15) is 13.2 Å². The van der Waals surface area contributed by atoms with Gasteiger partial charge in [0.25, 0.3) is 0 Å². The Kier molecular flexibility index (Phi) is 3.62. The molecule has 0 atom stereocenters. The highest BCUT2D eigenvalue weighted by atomic mass is 35.5. The SMILES string of the molecule is O=C(O)c1nccc(-c2cccc(Cl)c2S(=O)(=O)C2CC2)n1. The molecule has 0 unspecified atom stereocenters. The first kappa shape index (κ1) is 14.9. The number of benzene rings is 1. The van der Waals surface area contributed by atoms with Crippen LogP contribution >= 0.6 is 11.6 Å². The molecule has 8 heteroatoms. The minimum Gasteiger partial charge on any atom is -0.475 e. The number of halogens is 1. The Morgan fingerprint density at radius 1 is 1.27 bits per heavy atom. The van der Waals surface area contributed by atoms with Gasteiger partial charge in [0.15, 0.2) is 9.84 Å². The number of nitrogens with zero attached hydrogens (tertiary/aromatic N) is 2. The molecule has 1 fully saturated rings. The van der Waals surface area contributed by atoms with Gasteiger partial charge in [0, 0.05) is 11.8 Å². The number of aromatic carboxylic acids is 1. The van der Waals surface area contributed by atoms with Crippen LogP contribution in [-0.2, 0) is 9.84 Å². The van der Waals surface area contributed by atoms with Crippen LogP contribution in [-0.4, -0.2) is 34.7 Å². The van der Waals surface area contributed by atoms with Crippen LogP contribution in [0.25, 0.3) is 11.3 Å². The van der Waals surface area contributed by atoms with Gasteiger partial charge in [-0.15, -0.1) is 0 Å². The summed E-state index contributed by atoms with van der Waals surface area (Å²) in [5.74, 6) is -1.68. The lowest BCUT2D eigenvalue weighted by atomic mass is 10.1. The van der Waals surface area contributed by atoms with E-state index in [0.717, 1.165) is 0 Å². The van der Waals surface area contributed by atoms with E-state index in [1.54, 1.807) is 12.1 Å². The molecule has 114 valence electrons. The van der Waals surface area contributed by atoms with Crippen molar-refractivity contribution in [3.05, 3.63) is 41.3 Å². The number of carboxylic acids is 1. The van der Waals surface area contributed by atoms with Crippen molar-refractivity contribution in [3.63, 3.8) is 0 Å². The van der Waals surface area contributed by atoms with Crippen LogP contribution < -0.4 is 0 Å². The van der Waals surface area contributed by atoms with E-state index >= 15 is 0 Å². The minimum absolute atomic E-state index is 0.00852. The Balaban J connectivity index is 2.22. The maximum atomic E-state index is 12.6. The predicted molar refractivity (Wildman–Crippen MR) is 79.6 cm³/mol. The summed E-state index contributed by atoms with van der Waals surface area (Å²) in [5.41, 5.74) is 0.512. The second kappa shape index (κ2) is 5.33. The van der Waals surface area contributed by atoms with Gasteiger partial charge in [-0.1, -0.05) is 23.7 Å². The summed E-state index contributed by atoms with van der Waals surface area (Å²) in [6.07, 6.45) is 2.49. The Morgan fingerprint density at radius 2 is 2.00 bits per heavy atom. The van der Waals surface area contributed by atoms with Crippen LogP contribution in [0.1, 0.15) is 23.5 Å². The van der Waals surface area contributed by atoms with Gasteiger partial charge in [-0.2, -0.15) is 0 Å². The Labute approximate surface area is 131 Å². The average Bonchev–Trinajstić information content (AvgIpc) is 3.32. The summed E-state index contributed by atoms with van der Waals surface area (Å²) in [4.78, 5) is 18.5. The molecule has 1 heterocycles. The smallest absolute Gasteiger partial charge is 0.373 e. The molecule has 0 bridgehead atoms. The topological polar surface area (TPSA) is 97.2 Å². The lowest BCUT2D eigenvalue weighted by Gasteiger charge is -2.11. The maximum absolute atomic E-state index is 12.6. The molecule has 0 radical (unpaired) electrons. The van der Waals surface area contributed by atoms with Crippen LogP contribution in [0.4, 0.5) is 0 Å². The van der Waals surface area contributed by atoms with Gasteiger partial charge in [-0.25, -0.2) is 23.2 Å². The first-order valence-electron chi connectivity index (χ1n) is 6.50. The molecule has 0 spiro atoms. The Bertz CT molecular complexity index is 863. The fourth-order valence-corrected chi connectivity index (χ4v) is 4.56. The number of aromatic nitrogens is 2. The van der Waals surface area contributed by atoms with Crippen molar-refractivity contribution < 1.29 is 18.3 Å². The highest BCUT2D eigenvalue weighted by molar-refractivity contribution is 7.92. The Morgan fingerprint density at radius 3 is 2.64 bits per heavy atom. The molecule has 22 heavy (non-hydrogen) atoms. The molecule has 0 amide bonds. The zero-order chi connectivity index (χ0) is 15.9. The molecule has 1 aliphatic carbocycles. The van der Waals surface area contributed by atoms with E-state index in [0.29, 0.717) is 18.4 Å². The molecule has 1 N–H and O–H groups in total. The van der Waals surface area contributed by atoms with E-state index in [-0.39, 0.29) is 15.6 Å². The van der Waals surface area contributed by atoms with Crippen LogP contribution in [0.15, 0.2) is 35.4 Å². The second-order valence-corrected chi connectivity index (χ2v) is 7.50. The summed E-state index contributed by atoms with van der Waals surface area (Å²) < 4.78 is 25.2. The van der Waals surface area contributed by atoms with E-state index in [4.69, 9.17) is 16.7 Å². The summed E-state index contributed by atoms with van der Waals surface area (Å²) >= 11 is 6.10. The van der Waals surface area contributed by atoms with Crippen LogP contribution in [0.3, 0.4) is 0 Å². The lowest BCUT2D eigenvalue weighted by molar-refractivity contribution is 0.0683. The van der Waals surface area contributed by atoms with E-state index in [2.05, 4.69) is 9.97 Å². The number of sulfone groups is 1. The molecular formula is C14H11ClN2O4S. The fraction of sp³-hybridized carbons (Fsp3) is 0.214. The zero-order valence-corrected chi connectivity index (χ0v) is 12.8. The molecule has 1 aliphatic rings. The molecular weight excluding hydrogens is 328 g/mol. The second-order valence-electron chi connectivity index (χ2n) is 4.93. The van der Waals surface area contributed by atoms with Crippen molar-refractivity contribution in [1.29, 1.82) is 0 Å². The standard InChI is InChI=1S/C14H11ClN2O4S/c15-10-3-1-2-9(12(10)22(20,21)8-4-5-8)11-6-7-16-13(17-11)14(18)19/h1-3,6-8H,4-5H2,(H,18,19). The number of hydrogen-bond donors (Lipinski definition) is 1. The van der Waals surface area contributed by atoms with Crippen molar-refractivity contribution >= 4 is 27.4 Å². The van der Waals surface area contributed by atoms with Gasteiger partial charge in [0.2, 0.25) is 5.82 Å². The minimum atomic E-state index is -3.55. The first-order chi connectivity index (χ1) is 10.4. The largest absolute Gasteiger partial charge is 0.475 e. The van der Waals surface area contributed by atoms with Gasteiger partial charge < -0.3 is 5.11 Å². The van der Waals surface area contributed by atoms with E-state index in [1.807, 2.05) is 0 Å². The number of carboxylic acid groups (broad SMARTS) is 1. The molecule has 1 aromatic heterocycles. The van der Waals surface area contributed by atoms with Crippen molar-refractivity contribution in [2.75, 3.05) is 0 Å². The molecule has 1 aromatic carbocycles. The highest BCUT2D eigenvalue weighted by Crippen LogP contribution is 2.40. The molecule has 1 saturated carbocycles. The van der Waals surface area contributed by atoms with Crippen LogP contribution in [0, 0.1) is 0 Å². The fourth-order valence-electron chi connectivity index (χ4n) is 2.16. The maximum Gasteiger partial charge on any atom is 0.373 e. The van der Waals surface area contributed by atoms with Crippen molar-refractivity contribution in [2.24, 2.45) is 0 Å². The van der Waals surface area contributed by atoms with E-state index < -0.39 is 26.9 Å². The summed E-state index contributed by atoms with van der Waals surface area (Å²) in [5, 5.41) is 8.66. The summed E-state index contributed by atoms with van der Waals surface area (Å²) in [6, 6.07) is 6.13. The third-order valence-corrected chi connectivity index (χ3v) is 6.12. The quantitative estimate of drug-likeness (QED) is 0.919. The van der Waals surface area contributed by atoms with Gasteiger partial charge in [-0.3, -0.25) is 0 Å². The molecule has 3 rings (SSSR count). The average molecular weight is 339 g/mol. The highest BCUT2D eigenvalue weighted by Gasteiger charge is 2.39. The number of carbonyl (C=O) groups is 1. The molecule has 6 nitrogen and oxygen atoms in total. The normalized spacial score (nSPS) is 14.8. The van der Waals surface area contributed by atoms with E-state index in [1.165, 1.54) is 18.3 Å². The van der Waals surface area contributed by atoms with Crippen LogP contribution in [0.5, 0.6) is 0 Å². The van der Waals surface area contributed by atoms with Gasteiger partial charge in [-0.05, 0) is 25.0 Å². The first-order valence-corrected chi connectivity index (χ1v) is 8.43.